The van der Waals surface area contributed by atoms with Gasteiger partial charge in [0.1, 0.15) is 0 Å². The van der Waals surface area contributed by atoms with Crippen LogP contribution in [0.5, 0.6) is 0 Å². The number of fused-ring (bicyclic) bond motifs is 2. The number of hydrogen-bond acceptors (Lipinski definition) is 2. The zero-order valence-corrected chi connectivity index (χ0v) is 11.3. The van der Waals surface area contributed by atoms with Crippen molar-refractivity contribution in [2.75, 3.05) is 24.5 Å². The van der Waals surface area contributed by atoms with E-state index in [4.69, 9.17) is 11.6 Å². The molecule has 3 rings (SSSR count). The first-order valence-electron chi connectivity index (χ1n) is 6.42. The number of anilines is 1. The summed E-state index contributed by atoms with van der Waals surface area (Å²) in [7, 11) is 0. The first-order valence-corrected chi connectivity index (χ1v) is 6.80. The highest BCUT2D eigenvalue weighted by Gasteiger charge is 2.42. The molecule has 1 N–H and O–H groups in total. The third-order valence-corrected chi connectivity index (χ3v) is 4.57. The van der Waals surface area contributed by atoms with Gasteiger partial charge in [0, 0.05) is 25.4 Å². The van der Waals surface area contributed by atoms with Crippen molar-refractivity contribution in [3.63, 3.8) is 0 Å². The lowest BCUT2D eigenvalue weighted by atomic mass is 9.73. The van der Waals surface area contributed by atoms with Crippen LogP contribution in [0.1, 0.15) is 25.3 Å². The van der Waals surface area contributed by atoms with Crippen molar-refractivity contribution >= 4 is 23.2 Å². The Balaban J connectivity index is 2.16. The highest BCUT2D eigenvalue weighted by molar-refractivity contribution is 6.34. The molecule has 2 aliphatic heterocycles. The number of nitrogens with zero attached hydrogens (tertiary/aromatic N) is 1. The van der Waals surface area contributed by atoms with Gasteiger partial charge < -0.3 is 10.2 Å². The standard InChI is InChI=1S/C14H17ClN2O/c1-10(18)17-8-6-14(5-7-16-9-14)11-3-2-4-12(15)13(11)17/h2-4,16H,5-9H2,1H3. The molecule has 1 aromatic carbocycles. The number of carbonyl (C=O) groups excluding carboxylic acids is 1. The van der Waals surface area contributed by atoms with E-state index in [1.54, 1.807) is 6.92 Å². The Morgan fingerprint density at radius 3 is 2.94 bits per heavy atom. The van der Waals surface area contributed by atoms with Crippen molar-refractivity contribution in [1.82, 2.24) is 5.32 Å². The largest absolute Gasteiger partial charge is 0.316 e. The predicted octanol–water partition coefficient (Wildman–Crippen LogP) is 2.33. The summed E-state index contributed by atoms with van der Waals surface area (Å²) in [6, 6.07) is 5.99. The number of para-hydroxylation sites is 1. The lowest BCUT2D eigenvalue weighted by Gasteiger charge is -2.41. The van der Waals surface area contributed by atoms with Crippen LogP contribution in [-0.2, 0) is 10.2 Å². The van der Waals surface area contributed by atoms with Crippen LogP contribution in [0.3, 0.4) is 0 Å². The van der Waals surface area contributed by atoms with Gasteiger partial charge in [0.2, 0.25) is 5.91 Å². The van der Waals surface area contributed by atoms with Crippen molar-refractivity contribution in [3.8, 4) is 0 Å². The number of nitrogens with one attached hydrogen (secondary N) is 1. The molecule has 2 aliphatic rings. The van der Waals surface area contributed by atoms with E-state index in [9.17, 15) is 4.79 Å². The normalized spacial score (nSPS) is 26.4. The molecule has 1 aromatic rings. The molecular formula is C14H17ClN2O. The summed E-state index contributed by atoms with van der Waals surface area (Å²) in [6.07, 6.45) is 2.15. The second kappa shape index (κ2) is 4.25. The Hall–Kier alpha value is -1.06. The molecule has 1 spiro atoms. The molecule has 2 heterocycles. The number of benzene rings is 1. The molecule has 1 atom stereocenters. The molecule has 0 radical (unpaired) electrons. The number of amides is 1. The van der Waals surface area contributed by atoms with E-state index in [1.165, 1.54) is 5.56 Å². The SMILES string of the molecule is CC(=O)N1CCC2(CCNC2)c2cccc(Cl)c21. The zero-order valence-electron chi connectivity index (χ0n) is 10.5. The molecule has 0 aliphatic carbocycles. The fourth-order valence-electron chi connectivity index (χ4n) is 3.29. The van der Waals surface area contributed by atoms with E-state index in [1.807, 2.05) is 17.0 Å². The Morgan fingerprint density at radius 2 is 2.28 bits per heavy atom. The van der Waals surface area contributed by atoms with Crippen molar-refractivity contribution in [2.45, 2.75) is 25.2 Å². The fraction of sp³-hybridized carbons (Fsp3) is 0.500. The summed E-state index contributed by atoms with van der Waals surface area (Å²) in [5.41, 5.74) is 2.34. The maximum Gasteiger partial charge on any atom is 0.223 e. The smallest absolute Gasteiger partial charge is 0.223 e. The van der Waals surface area contributed by atoms with Crippen LogP contribution in [0.4, 0.5) is 5.69 Å². The lowest BCUT2D eigenvalue weighted by molar-refractivity contribution is -0.116. The van der Waals surface area contributed by atoms with Crippen LogP contribution in [-0.4, -0.2) is 25.5 Å². The Labute approximate surface area is 112 Å². The molecule has 0 aromatic heterocycles. The molecule has 3 nitrogen and oxygen atoms in total. The highest BCUT2D eigenvalue weighted by atomic mass is 35.5. The van der Waals surface area contributed by atoms with Gasteiger partial charge in [-0.2, -0.15) is 0 Å². The molecule has 1 amide bonds. The molecule has 1 unspecified atom stereocenters. The first-order chi connectivity index (χ1) is 8.64. The average Bonchev–Trinajstić information content (AvgIpc) is 2.80. The van der Waals surface area contributed by atoms with E-state index in [2.05, 4.69) is 11.4 Å². The maximum absolute atomic E-state index is 11.8. The van der Waals surface area contributed by atoms with Gasteiger partial charge in [-0.25, -0.2) is 0 Å². The molecular weight excluding hydrogens is 248 g/mol. The van der Waals surface area contributed by atoms with Crippen LogP contribution >= 0.6 is 11.6 Å². The van der Waals surface area contributed by atoms with Gasteiger partial charge in [0.15, 0.2) is 0 Å². The minimum absolute atomic E-state index is 0.0742. The van der Waals surface area contributed by atoms with Crippen LogP contribution in [0, 0.1) is 0 Å². The summed E-state index contributed by atoms with van der Waals surface area (Å²) in [5.74, 6) is 0.0742. The lowest BCUT2D eigenvalue weighted by Crippen LogP contribution is -2.43. The van der Waals surface area contributed by atoms with Crippen molar-refractivity contribution in [3.05, 3.63) is 28.8 Å². The average molecular weight is 265 g/mol. The second-order valence-corrected chi connectivity index (χ2v) is 5.67. The molecule has 96 valence electrons. The summed E-state index contributed by atoms with van der Waals surface area (Å²) >= 11 is 6.33. The highest BCUT2D eigenvalue weighted by Crippen LogP contribution is 2.46. The van der Waals surface area contributed by atoms with Crippen LogP contribution in [0.25, 0.3) is 0 Å². The van der Waals surface area contributed by atoms with Gasteiger partial charge in [0.25, 0.3) is 0 Å². The van der Waals surface area contributed by atoms with Gasteiger partial charge in [0.05, 0.1) is 10.7 Å². The molecule has 1 fully saturated rings. The van der Waals surface area contributed by atoms with E-state index >= 15 is 0 Å². The summed E-state index contributed by atoms with van der Waals surface area (Å²) in [5, 5.41) is 4.13. The molecule has 18 heavy (non-hydrogen) atoms. The van der Waals surface area contributed by atoms with E-state index in [0.717, 1.165) is 38.2 Å². The minimum atomic E-state index is 0.0742. The Kier molecular flexibility index (Phi) is 2.83. The number of halogens is 1. The van der Waals surface area contributed by atoms with E-state index < -0.39 is 0 Å². The van der Waals surface area contributed by atoms with E-state index in [0.29, 0.717) is 5.02 Å². The fourth-order valence-corrected chi connectivity index (χ4v) is 3.57. The van der Waals surface area contributed by atoms with Crippen LogP contribution in [0.15, 0.2) is 18.2 Å². The zero-order chi connectivity index (χ0) is 12.8. The number of rotatable bonds is 0. The van der Waals surface area contributed by atoms with Crippen LogP contribution < -0.4 is 10.2 Å². The Bertz CT molecular complexity index is 495. The Morgan fingerprint density at radius 1 is 1.44 bits per heavy atom. The van der Waals surface area contributed by atoms with Gasteiger partial charge in [-0.15, -0.1) is 0 Å². The van der Waals surface area contributed by atoms with Crippen molar-refractivity contribution in [1.29, 1.82) is 0 Å². The molecule has 4 heteroatoms. The summed E-state index contributed by atoms with van der Waals surface area (Å²) < 4.78 is 0. The van der Waals surface area contributed by atoms with Crippen molar-refractivity contribution < 1.29 is 4.79 Å². The predicted molar refractivity (Wildman–Crippen MR) is 73.3 cm³/mol. The minimum Gasteiger partial charge on any atom is -0.316 e. The third kappa shape index (κ3) is 1.65. The maximum atomic E-state index is 11.8. The molecule has 0 bridgehead atoms. The quantitative estimate of drug-likeness (QED) is 0.780. The summed E-state index contributed by atoms with van der Waals surface area (Å²) in [6.45, 7) is 4.42. The van der Waals surface area contributed by atoms with Crippen molar-refractivity contribution in [2.24, 2.45) is 0 Å². The topological polar surface area (TPSA) is 32.3 Å². The van der Waals surface area contributed by atoms with Gasteiger partial charge in [-0.05, 0) is 31.0 Å². The van der Waals surface area contributed by atoms with E-state index in [-0.39, 0.29) is 11.3 Å². The van der Waals surface area contributed by atoms with Gasteiger partial charge in [-0.3, -0.25) is 4.79 Å². The monoisotopic (exact) mass is 264 g/mol. The third-order valence-electron chi connectivity index (χ3n) is 4.27. The number of hydrogen-bond donors (Lipinski definition) is 1. The molecule has 1 saturated heterocycles. The molecule has 0 saturated carbocycles. The second-order valence-electron chi connectivity index (χ2n) is 5.26. The summed E-state index contributed by atoms with van der Waals surface area (Å²) in [4.78, 5) is 13.6. The van der Waals surface area contributed by atoms with Gasteiger partial charge in [-0.1, -0.05) is 23.7 Å². The number of carbonyl (C=O) groups is 1. The van der Waals surface area contributed by atoms with Crippen LogP contribution in [0.2, 0.25) is 5.02 Å². The van der Waals surface area contributed by atoms with Gasteiger partial charge >= 0.3 is 0 Å². The first kappa shape index (κ1) is 12.0.